The molecule has 0 aliphatic heterocycles. The molecule has 7 heteroatoms. The number of sulfonamides is 1. The van der Waals surface area contributed by atoms with Crippen LogP contribution >= 0.6 is 0 Å². The summed E-state index contributed by atoms with van der Waals surface area (Å²) in [5, 5.41) is 4.50. The number of halogens is 1. The fourth-order valence-electron chi connectivity index (χ4n) is 2.13. The predicted molar refractivity (Wildman–Crippen MR) is 55.5 cm³/mol. The highest BCUT2D eigenvalue weighted by Gasteiger charge is 2.37. The van der Waals surface area contributed by atoms with Crippen LogP contribution < -0.4 is 5.14 Å². The van der Waals surface area contributed by atoms with E-state index in [1.165, 1.54) is 0 Å². The molecule has 0 amide bonds. The van der Waals surface area contributed by atoms with Crippen molar-refractivity contribution >= 4 is 10.0 Å². The Bertz CT molecular complexity index is 474. The van der Waals surface area contributed by atoms with Crippen LogP contribution in [0.1, 0.15) is 31.0 Å². The third-order valence-electron chi connectivity index (χ3n) is 2.85. The van der Waals surface area contributed by atoms with E-state index in [1.54, 1.807) is 0 Å². The Labute approximate surface area is 93.0 Å². The molecular formula is C9H12FN3O2S. The maximum absolute atomic E-state index is 12.6. The molecule has 0 saturated heterocycles. The summed E-state index contributed by atoms with van der Waals surface area (Å²) >= 11 is 0. The number of rotatable bonds is 2. The van der Waals surface area contributed by atoms with Gasteiger partial charge in [-0.1, -0.05) is 6.42 Å². The minimum Gasteiger partial charge on any atom is -0.238 e. The maximum atomic E-state index is 12.6. The van der Waals surface area contributed by atoms with E-state index in [1.807, 2.05) is 0 Å². The van der Waals surface area contributed by atoms with Gasteiger partial charge in [-0.2, -0.15) is 0 Å². The van der Waals surface area contributed by atoms with E-state index in [0.29, 0.717) is 18.7 Å². The first kappa shape index (κ1) is 11.4. The quantitative estimate of drug-likeness (QED) is 0.824. The minimum absolute atomic E-state index is 0.310. The van der Waals surface area contributed by atoms with Crippen LogP contribution in [0.15, 0.2) is 12.4 Å². The molecule has 1 fully saturated rings. The van der Waals surface area contributed by atoms with Gasteiger partial charge in [0.15, 0.2) is 5.82 Å². The van der Waals surface area contributed by atoms with Gasteiger partial charge in [0.2, 0.25) is 10.0 Å². The van der Waals surface area contributed by atoms with Crippen LogP contribution in [0.3, 0.4) is 0 Å². The third kappa shape index (κ3) is 2.19. The first-order valence-corrected chi connectivity index (χ1v) is 6.58. The van der Waals surface area contributed by atoms with Gasteiger partial charge in [-0.05, 0) is 12.8 Å². The second-order valence-corrected chi connectivity index (χ2v) is 5.71. The summed E-state index contributed by atoms with van der Waals surface area (Å²) in [6.07, 6.45) is 4.05. The summed E-state index contributed by atoms with van der Waals surface area (Å²) < 4.78 is 35.3. The van der Waals surface area contributed by atoms with Crippen molar-refractivity contribution in [2.45, 2.75) is 30.4 Å². The van der Waals surface area contributed by atoms with E-state index < -0.39 is 21.1 Å². The van der Waals surface area contributed by atoms with Gasteiger partial charge in [-0.3, -0.25) is 0 Å². The van der Waals surface area contributed by atoms with Crippen LogP contribution in [-0.2, 0) is 10.0 Å². The largest absolute Gasteiger partial charge is 0.238 e. The van der Waals surface area contributed by atoms with Gasteiger partial charge >= 0.3 is 0 Å². The maximum Gasteiger partial charge on any atom is 0.212 e. The number of hydrogen-bond acceptors (Lipinski definition) is 4. The second-order valence-electron chi connectivity index (χ2n) is 3.92. The van der Waals surface area contributed by atoms with Crippen molar-refractivity contribution < 1.29 is 12.8 Å². The van der Waals surface area contributed by atoms with Crippen LogP contribution in [0, 0.1) is 5.82 Å². The molecule has 16 heavy (non-hydrogen) atoms. The fourth-order valence-corrected chi connectivity index (χ4v) is 3.34. The SMILES string of the molecule is NS(=O)(=O)[C@H]1CCC[C@@H]1c1ncc(F)cn1. The Morgan fingerprint density at radius 2 is 1.94 bits per heavy atom. The van der Waals surface area contributed by atoms with E-state index in [2.05, 4.69) is 9.97 Å². The first-order chi connectivity index (χ1) is 7.48. The van der Waals surface area contributed by atoms with Crippen LogP contribution in [0.25, 0.3) is 0 Å². The monoisotopic (exact) mass is 245 g/mol. The lowest BCUT2D eigenvalue weighted by Gasteiger charge is -2.15. The van der Waals surface area contributed by atoms with Crippen LogP contribution in [-0.4, -0.2) is 23.6 Å². The zero-order chi connectivity index (χ0) is 11.8. The number of aromatic nitrogens is 2. The molecule has 2 rings (SSSR count). The molecule has 1 aromatic heterocycles. The molecule has 0 radical (unpaired) electrons. The van der Waals surface area contributed by atoms with Crippen molar-refractivity contribution in [2.75, 3.05) is 0 Å². The third-order valence-corrected chi connectivity index (χ3v) is 4.25. The summed E-state index contributed by atoms with van der Waals surface area (Å²) in [6.45, 7) is 0. The van der Waals surface area contributed by atoms with Gasteiger partial charge in [-0.25, -0.2) is 27.9 Å². The van der Waals surface area contributed by atoms with Gasteiger partial charge < -0.3 is 0 Å². The van der Waals surface area contributed by atoms with E-state index in [9.17, 15) is 12.8 Å². The second kappa shape index (κ2) is 4.06. The van der Waals surface area contributed by atoms with Crippen molar-refractivity contribution in [1.82, 2.24) is 9.97 Å². The molecule has 1 aliphatic rings. The summed E-state index contributed by atoms with van der Waals surface area (Å²) in [5.74, 6) is -0.484. The van der Waals surface area contributed by atoms with Gasteiger partial charge in [0.1, 0.15) is 5.82 Å². The Morgan fingerprint density at radius 3 is 2.50 bits per heavy atom. The zero-order valence-corrected chi connectivity index (χ0v) is 9.32. The van der Waals surface area contributed by atoms with Crippen molar-refractivity contribution in [3.05, 3.63) is 24.0 Å². The molecule has 1 saturated carbocycles. The molecule has 1 aromatic rings. The van der Waals surface area contributed by atoms with Crippen molar-refractivity contribution in [3.8, 4) is 0 Å². The molecule has 5 nitrogen and oxygen atoms in total. The highest BCUT2D eigenvalue weighted by molar-refractivity contribution is 7.89. The molecule has 1 heterocycles. The number of nitrogens with two attached hydrogens (primary N) is 1. The first-order valence-electron chi connectivity index (χ1n) is 4.97. The van der Waals surface area contributed by atoms with Crippen LogP contribution in [0.4, 0.5) is 4.39 Å². The smallest absolute Gasteiger partial charge is 0.212 e. The molecule has 0 spiro atoms. The van der Waals surface area contributed by atoms with Gasteiger partial charge in [0, 0.05) is 5.92 Å². The molecule has 2 N–H and O–H groups in total. The van der Waals surface area contributed by atoms with Crippen molar-refractivity contribution in [3.63, 3.8) is 0 Å². The molecule has 0 aromatic carbocycles. The molecular weight excluding hydrogens is 233 g/mol. The summed E-state index contributed by atoms with van der Waals surface area (Å²) in [6, 6.07) is 0. The predicted octanol–water partition coefficient (Wildman–Crippen LogP) is 0.540. The van der Waals surface area contributed by atoms with Gasteiger partial charge in [0.05, 0.1) is 17.6 Å². The topological polar surface area (TPSA) is 85.9 Å². The summed E-state index contributed by atoms with van der Waals surface area (Å²) in [5.41, 5.74) is 0. The summed E-state index contributed by atoms with van der Waals surface area (Å²) in [4.78, 5) is 7.64. The lowest BCUT2D eigenvalue weighted by Crippen LogP contribution is -2.31. The minimum atomic E-state index is -3.58. The number of hydrogen-bond donors (Lipinski definition) is 1. The molecule has 88 valence electrons. The highest BCUT2D eigenvalue weighted by Crippen LogP contribution is 2.36. The zero-order valence-electron chi connectivity index (χ0n) is 8.51. The van der Waals surface area contributed by atoms with Crippen molar-refractivity contribution in [1.29, 1.82) is 0 Å². The molecule has 0 unspecified atom stereocenters. The highest BCUT2D eigenvalue weighted by atomic mass is 32.2. The Morgan fingerprint density at radius 1 is 1.31 bits per heavy atom. The number of primary sulfonamides is 1. The van der Waals surface area contributed by atoms with Crippen molar-refractivity contribution in [2.24, 2.45) is 5.14 Å². The lowest BCUT2D eigenvalue weighted by molar-refractivity contribution is 0.559. The van der Waals surface area contributed by atoms with E-state index in [-0.39, 0.29) is 5.92 Å². The van der Waals surface area contributed by atoms with Crippen LogP contribution in [0.5, 0.6) is 0 Å². The molecule has 0 bridgehead atoms. The summed E-state index contributed by atoms with van der Waals surface area (Å²) in [7, 11) is -3.58. The molecule has 2 atom stereocenters. The number of nitrogens with zero attached hydrogens (tertiary/aromatic N) is 2. The average molecular weight is 245 g/mol. The van der Waals surface area contributed by atoms with Crippen LogP contribution in [0.2, 0.25) is 0 Å². The molecule has 1 aliphatic carbocycles. The lowest BCUT2D eigenvalue weighted by atomic mass is 10.1. The Balaban J connectivity index is 2.30. The van der Waals surface area contributed by atoms with E-state index in [0.717, 1.165) is 18.8 Å². The van der Waals surface area contributed by atoms with Gasteiger partial charge in [0.25, 0.3) is 0 Å². The Kier molecular flexibility index (Phi) is 2.90. The van der Waals surface area contributed by atoms with E-state index in [4.69, 9.17) is 5.14 Å². The van der Waals surface area contributed by atoms with Gasteiger partial charge in [-0.15, -0.1) is 0 Å². The standard InChI is InChI=1S/C9H12FN3O2S/c10-6-4-12-9(13-5-6)7-2-1-3-8(7)16(11,14)15/h4-5,7-8H,1-3H2,(H2,11,14,15)/t7-,8-/m0/s1. The average Bonchev–Trinajstić information content (AvgIpc) is 2.66. The Hall–Kier alpha value is -1.08. The normalized spacial score (nSPS) is 25.9. The van der Waals surface area contributed by atoms with E-state index >= 15 is 0 Å². The fraction of sp³-hybridized carbons (Fsp3) is 0.556.